The Morgan fingerprint density at radius 2 is 1.84 bits per heavy atom. The topological polar surface area (TPSA) is 39.7 Å². The van der Waals surface area contributed by atoms with Gasteiger partial charge in [0.05, 0.1) is 0 Å². The molecule has 0 atom stereocenters. The van der Waals surface area contributed by atoms with Gasteiger partial charge in [-0.3, -0.25) is 9.89 Å². The van der Waals surface area contributed by atoms with Gasteiger partial charge in [-0.05, 0) is 43.7 Å². The van der Waals surface area contributed by atoms with Crippen molar-refractivity contribution >= 4 is 5.96 Å². The molecule has 0 saturated carbocycles. The van der Waals surface area contributed by atoms with E-state index in [1.807, 2.05) is 7.05 Å². The number of guanidine groups is 1. The van der Waals surface area contributed by atoms with E-state index in [0.29, 0.717) is 6.04 Å². The summed E-state index contributed by atoms with van der Waals surface area (Å²) in [6, 6.07) is 9.42. The molecule has 138 valence electrons. The molecule has 0 unspecified atom stereocenters. The third kappa shape index (κ3) is 6.91. The van der Waals surface area contributed by atoms with Crippen molar-refractivity contribution in [2.24, 2.45) is 4.99 Å². The van der Waals surface area contributed by atoms with Gasteiger partial charge in [0.1, 0.15) is 0 Å². The van der Waals surface area contributed by atoms with Crippen molar-refractivity contribution in [3.05, 3.63) is 47.5 Å². The first-order chi connectivity index (χ1) is 12.1. The van der Waals surface area contributed by atoms with Crippen molar-refractivity contribution in [2.45, 2.75) is 45.6 Å². The second-order valence-corrected chi connectivity index (χ2v) is 7.07. The Hall–Kier alpha value is -1.81. The number of piperidine rings is 1. The van der Waals surface area contributed by atoms with E-state index in [9.17, 15) is 0 Å². The average Bonchev–Trinajstić information content (AvgIpc) is 2.62. The number of nitrogens with zero attached hydrogens (tertiary/aromatic N) is 2. The first kappa shape index (κ1) is 19.5. The minimum Gasteiger partial charge on any atom is -0.356 e. The van der Waals surface area contributed by atoms with Gasteiger partial charge in [-0.25, -0.2) is 0 Å². The van der Waals surface area contributed by atoms with Gasteiger partial charge in [0, 0.05) is 39.3 Å². The van der Waals surface area contributed by atoms with Gasteiger partial charge in [0.2, 0.25) is 0 Å². The lowest BCUT2D eigenvalue weighted by molar-refractivity contribution is 0.221. The summed E-state index contributed by atoms with van der Waals surface area (Å²) in [6.07, 6.45) is 4.43. The van der Waals surface area contributed by atoms with Crippen LogP contribution in [0, 0.1) is 0 Å². The van der Waals surface area contributed by atoms with Crippen LogP contribution in [0.2, 0.25) is 0 Å². The summed E-state index contributed by atoms with van der Waals surface area (Å²) in [5, 5.41) is 7.02. The lowest BCUT2D eigenvalue weighted by atomic mass is 10.0. The summed E-state index contributed by atoms with van der Waals surface area (Å²) in [6.45, 7) is 12.5. The molecule has 1 aliphatic heterocycles. The van der Waals surface area contributed by atoms with Crippen LogP contribution in [-0.2, 0) is 12.8 Å². The molecule has 0 bridgehead atoms. The molecule has 1 fully saturated rings. The predicted octanol–water partition coefficient (Wildman–Crippen LogP) is 3.00. The SMILES string of the molecule is C=C(C)CN1CCC(NC(=NC)NCCc2ccc(CC)cc2)CC1. The van der Waals surface area contributed by atoms with Crippen LogP contribution in [-0.4, -0.2) is 50.1 Å². The van der Waals surface area contributed by atoms with Crippen LogP contribution in [0.5, 0.6) is 0 Å². The fourth-order valence-corrected chi connectivity index (χ4v) is 3.27. The molecule has 2 rings (SSSR count). The van der Waals surface area contributed by atoms with Gasteiger partial charge in [0.25, 0.3) is 0 Å². The second-order valence-electron chi connectivity index (χ2n) is 7.07. The zero-order valence-corrected chi connectivity index (χ0v) is 16.1. The summed E-state index contributed by atoms with van der Waals surface area (Å²) < 4.78 is 0. The van der Waals surface area contributed by atoms with E-state index in [4.69, 9.17) is 0 Å². The fraction of sp³-hybridized carbons (Fsp3) is 0.571. The van der Waals surface area contributed by atoms with Crippen LogP contribution < -0.4 is 10.6 Å². The van der Waals surface area contributed by atoms with Crippen molar-refractivity contribution in [3.8, 4) is 0 Å². The number of aliphatic imine (C=N–C) groups is 1. The van der Waals surface area contributed by atoms with Crippen molar-refractivity contribution in [3.63, 3.8) is 0 Å². The Kier molecular flexibility index (Phi) is 7.99. The number of rotatable bonds is 7. The van der Waals surface area contributed by atoms with Gasteiger partial charge in [0.15, 0.2) is 5.96 Å². The first-order valence-electron chi connectivity index (χ1n) is 9.52. The molecule has 4 heteroatoms. The molecule has 0 aliphatic carbocycles. The molecule has 1 aromatic rings. The van der Waals surface area contributed by atoms with E-state index in [-0.39, 0.29) is 0 Å². The monoisotopic (exact) mass is 342 g/mol. The highest BCUT2D eigenvalue weighted by molar-refractivity contribution is 5.79. The normalized spacial score (nSPS) is 16.7. The number of aryl methyl sites for hydroxylation is 1. The van der Waals surface area contributed by atoms with E-state index < -0.39 is 0 Å². The van der Waals surface area contributed by atoms with Crippen molar-refractivity contribution in [2.75, 3.05) is 33.2 Å². The highest BCUT2D eigenvalue weighted by Gasteiger charge is 2.19. The highest BCUT2D eigenvalue weighted by Crippen LogP contribution is 2.11. The van der Waals surface area contributed by atoms with Crippen LogP contribution >= 0.6 is 0 Å². The Labute approximate surface area is 153 Å². The molecule has 0 radical (unpaired) electrons. The van der Waals surface area contributed by atoms with Crippen LogP contribution in [0.15, 0.2) is 41.4 Å². The summed E-state index contributed by atoms with van der Waals surface area (Å²) in [4.78, 5) is 6.86. The number of nitrogens with one attached hydrogen (secondary N) is 2. The molecule has 1 heterocycles. The molecule has 2 N–H and O–H groups in total. The molecule has 0 amide bonds. The molecule has 1 saturated heterocycles. The molecule has 1 aromatic carbocycles. The number of benzene rings is 1. The number of hydrogen-bond donors (Lipinski definition) is 2. The molecular weight excluding hydrogens is 308 g/mol. The minimum atomic E-state index is 0.511. The Balaban J connectivity index is 1.69. The molecular formula is C21H34N4. The average molecular weight is 343 g/mol. The van der Waals surface area contributed by atoms with E-state index in [0.717, 1.165) is 57.8 Å². The largest absolute Gasteiger partial charge is 0.356 e. The third-order valence-electron chi connectivity index (χ3n) is 4.78. The molecule has 1 aliphatic rings. The smallest absolute Gasteiger partial charge is 0.191 e. The maximum absolute atomic E-state index is 4.37. The Bertz CT molecular complexity index is 554. The molecule has 0 spiro atoms. The third-order valence-corrected chi connectivity index (χ3v) is 4.78. The maximum Gasteiger partial charge on any atom is 0.191 e. The maximum atomic E-state index is 4.37. The zero-order chi connectivity index (χ0) is 18.1. The van der Waals surface area contributed by atoms with E-state index in [1.54, 1.807) is 0 Å². The quantitative estimate of drug-likeness (QED) is 0.455. The molecule has 25 heavy (non-hydrogen) atoms. The standard InChI is InChI=1S/C21H34N4/c1-5-18-6-8-19(9-7-18)10-13-23-21(22-4)24-20-11-14-25(15-12-20)16-17(2)3/h6-9,20H,2,5,10-16H2,1,3-4H3,(H2,22,23,24). The van der Waals surface area contributed by atoms with Gasteiger partial charge in [-0.1, -0.05) is 43.3 Å². The number of hydrogen-bond acceptors (Lipinski definition) is 2. The lowest BCUT2D eigenvalue weighted by Gasteiger charge is -2.33. The van der Waals surface area contributed by atoms with E-state index in [2.05, 4.69) is 65.2 Å². The number of likely N-dealkylation sites (tertiary alicyclic amines) is 1. The van der Waals surface area contributed by atoms with Crippen LogP contribution in [0.3, 0.4) is 0 Å². The van der Waals surface area contributed by atoms with Gasteiger partial charge >= 0.3 is 0 Å². The van der Waals surface area contributed by atoms with E-state index >= 15 is 0 Å². The van der Waals surface area contributed by atoms with Crippen molar-refractivity contribution in [1.29, 1.82) is 0 Å². The van der Waals surface area contributed by atoms with Crippen LogP contribution in [0.4, 0.5) is 0 Å². The van der Waals surface area contributed by atoms with Crippen molar-refractivity contribution in [1.82, 2.24) is 15.5 Å². The summed E-state index contributed by atoms with van der Waals surface area (Å²) in [7, 11) is 1.85. The highest BCUT2D eigenvalue weighted by atomic mass is 15.2. The van der Waals surface area contributed by atoms with Crippen LogP contribution in [0.25, 0.3) is 0 Å². The molecule has 4 nitrogen and oxygen atoms in total. The predicted molar refractivity (Wildman–Crippen MR) is 108 cm³/mol. The van der Waals surface area contributed by atoms with Crippen LogP contribution in [0.1, 0.15) is 37.8 Å². The summed E-state index contributed by atoms with van der Waals surface area (Å²) in [5.74, 6) is 0.920. The van der Waals surface area contributed by atoms with E-state index in [1.165, 1.54) is 16.7 Å². The summed E-state index contributed by atoms with van der Waals surface area (Å²) >= 11 is 0. The first-order valence-corrected chi connectivity index (χ1v) is 9.52. The summed E-state index contributed by atoms with van der Waals surface area (Å²) in [5.41, 5.74) is 4.01. The Morgan fingerprint density at radius 1 is 1.20 bits per heavy atom. The minimum absolute atomic E-state index is 0.511. The van der Waals surface area contributed by atoms with Crippen molar-refractivity contribution < 1.29 is 0 Å². The fourth-order valence-electron chi connectivity index (χ4n) is 3.27. The van der Waals surface area contributed by atoms with Gasteiger partial charge < -0.3 is 10.6 Å². The van der Waals surface area contributed by atoms with Gasteiger partial charge in [-0.2, -0.15) is 0 Å². The zero-order valence-electron chi connectivity index (χ0n) is 16.1. The van der Waals surface area contributed by atoms with Gasteiger partial charge in [-0.15, -0.1) is 0 Å². The molecule has 0 aromatic heterocycles. The Morgan fingerprint density at radius 3 is 2.40 bits per heavy atom. The second kappa shape index (κ2) is 10.2. The lowest BCUT2D eigenvalue weighted by Crippen LogP contribution is -2.49.